The molecule has 2 aliphatic heterocycles. The summed E-state index contributed by atoms with van der Waals surface area (Å²) >= 11 is 0. The van der Waals surface area contributed by atoms with Crippen molar-refractivity contribution >= 4 is 21.8 Å². The molecule has 0 aliphatic carbocycles. The van der Waals surface area contributed by atoms with Gasteiger partial charge in [0.15, 0.2) is 0 Å². The molecular formula is C15H22N4O3S. The Morgan fingerprint density at radius 1 is 1.13 bits per heavy atom. The van der Waals surface area contributed by atoms with Crippen molar-refractivity contribution in [1.29, 1.82) is 0 Å². The fourth-order valence-corrected chi connectivity index (χ4v) is 3.97. The quantitative estimate of drug-likeness (QED) is 0.826. The first-order valence-electron chi connectivity index (χ1n) is 7.79. The predicted octanol–water partition coefficient (Wildman–Crippen LogP) is -0.215. The average Bonchev–Trinajstić information content (AvgIpc) is 2.97. The van der Waals surface area contributed by atoms with Crippen LogP contribution in [0.2, 0.25) is 0 Å². The van der Waals surface area contributed by atoms with Gasteiger partial charge in [-0.2, -0.15) is 12.7 Å². The summed E-state index contributed by atoms with van der Waals surface area (Å²) in [5, 5.41) is 5.15. The van der Waals surface area contributed by atoms with E-state index in [4.69, 9.17) is 5.14 Å². The highest BCUT2D eigenvalue weighted by atomic mass is 32.2. The molecule has 2 heterocycles. The zero-order valence-electron chi connectivity index (χ0n) is 13.2. The summed E-state index contributed by atoms with van der Waals surface area (Å²) in [4.78, 5) is 16.7. The third-order valence-corrected chi connectivity index (χ3v) is 5.78. The summed E-state index contributed by atoms with van der Waals surface area (Å²) in [6.07, 6.45) is 0.883. The van der Waals surface area contributed by atoms with Crippen LogP contribution in [0, 0.1) is 0 Å². The van der Waals surface area contributed by atoms with Gasteiger partial charge in [-0.25, -0.2) is 5.14 Å². The zero-order chi connectivity index (χ0) is 16.6. The van der Waals surface area contributed by atoms with Crippen LogP contribution >= 0.6 is 0 Å². The van der Waals surface area contributed by atoms with E-state index in [1.54, 1.807) is 0 Å². The molecule has 2 aliphatic rings. The number of carbonyl (C=O) groups excluding carboxylic acids is 1. The van der Waals surface area contributed by atoms with Gasteiger partial charge in [0.2, 0.25) is 5.91 Å². The molecule has 2 N–H and O–H groups in total. The van der Waals surface area contributed by atoms with E-state index in [-0.39, 0.29) is 11.9 Å². The molecule has 1 amide bonds. The fourth-order valence-electron chi connectivity index (χ4n) is 3.29. The maximum absolute atomic E-state index is 12.8. The highest BCUT2D eigenvalue weighted by Gasteiger charge is 2.33. The Bertz CT molecular complexity index is 698. The first-order chi connectivity index (χ1) is 10.9. The molecule has 1 aromatic carbocycles. The van der Waals surface area contributed by atoms with Gasteiger partial charge in [0.1, 0.15) is 0 Å². The number of piperazine rings is 1. The maximum atomic E-state index is 12.8. The number of nitrogens with two attached hydrogens (primary N) is 1. The number of amides is 1. The molecule has 0 aromatic heterocycles. The van der Waals surface area contributed by atoms with Gasteiger partial charge >= 0.3 is 0 Å². The summed E-state index contributed by atoms with van der Waals surface area (Å²) in [5.74, 6) is 0.0685. The topological polar surface area (TPSA) is 86.9 Å². The first kappa shape index (κ1) is 16.4. The van der Waals surface area contributed by atoms with Gasteiger partial charge in [0, 0.05) is 38.4 Å². The van der Waals surface area contributed by atoms with Crippen LogP contribution in [0.1, 0.15) is 12.5 Å². The molecule has 1 aromatic rings. The van der Waals surface area contributed by atoms with Crippen molar-refractivity contribution in [3.8, 4) is 0 Å². The Labute approximate surface area is 136 Å². The molecule has 0 radical (unpaired) electrons. The third-order valence-electron chi connectivity index (χ3n) is 4.69. The average molecular weight is 338 g/mol. The largest absolute Gasteiger partial charge is 0.310 e. The van der Waals surface area contributed by atoms with Gasteiger partial charge in [-0.1, -0.05) is 18.2 Å². The molecule has 0 saturated carbocycles. The summed E-state index contributed by atoms with van der Waals surface area (Å²) in [5.41, 5.74) is 2.19. The van der Waals surface area contributed by atoms with Gasteiger partial charge in [0.05, 0.1) is 6.04 Å². The predicted molar refractivity (Wildman–Crippen MR) is 88.2 cm³/mol. The number of nitrogens with zero attached hydrogens (tertiary/aromatic N) is 3. The second-order valence-electron chi connectivity index (χ2n) is 6.02. The molecule has 23 heavy (non-hydrogen) atoms. The van der Waals surface area contributed by atoms with E-state index in [9.17, 15) is 13.2 Å². The number of para-hydroxylation sites is 1. The minimum atomic E-state index is -3.64. The van der Waals surface area contributed by atoms with Gasteiger partial charge < -0.3 is 4.90 Å². The monoisotopic (exact) mass is 338 g/mol. The lowest BCUT2D eigenvalue weighted by Gasteiger charge is -2.37. The molecule has 1 fully saturated rings. The Hall–Kier alpha value is -1.48. The fraction of sp³-hybridized carbons (Fsp3) is 0.533. The lowest BCUT2D eigenvalue weighted by molar-refractivity contribution is -0.123. The van der Waals surface area contributed by atoms with Gasteiger partial charge in [0.25, 0.3) is 10.2 Å². The van der Waals surface area contributed by atoms with E-state index >= 15 is 0 Å². The molecule has 1 unspecified atom stereocenters. The summed E-state index contributed by atoms with van der Waals surface area (Å²) in [6, 6.07) is 7.69. The number of hydrogen-bond acceptors (Lipinski definition) is 4. The van der Waals surface area contributed by atoms with E-state index in [1.807, 2.05) is 34.9 Å². The van der Waals surface area contributed by atoms with Crippen LogP contribution in [0.25, 0.3) is 0 Å². The normalized spacial score (nSPS) is 21.2. The standard InChI is InChI=1S/C15H22N4O3S/c1-12(17-8-10-18(11-9-17)23(16,21)22)15(20)19-7-6-13-4-2-3-5-14(13)19/h2-5,12H,6-11H2,1H3,(H2,16,21,22). The second-order valence-corrected chi connectivity index (χ2v) is 7.57. The number of carbonyl (C=O) groups is 1. The van der Waals surface area contributed by atoms with Crippen molar-refractivity contribution in [1.82, 2.24) is 9.21 Å². The highest BCUT2D eigenvalue weighted by molar-refractivity contribution is 7.86. The van der Waals surface area contributed by atoms with Crippen LogP contribution in [-0.4, -0.2) is 62.3 Å². The Kier molecular flexibility index (Phi) is 4.41. The van der Waals surface area contributed by atoms with Crippen LogP contribution in [0.3, 0.4) is 0 Å². The summed E-state index contributed by atoms with van der Waals surface area (Å²) in [6.45, 7) is 4.27. The van der Waals surface area contributed by atoms with Crippen LogP contribution in [0.15, 0.2) is 24.3 Å². The highest BCUT2D eigenvalue weighted by Crippen LogP contribution is 2.28. The van der Waals surface area contributed by atoms with Crippen molar-refractivity contribution < 1.29 is 13.2 Å². The molecule has 126 valence electrons. The lowest BCUT2D eigenvalue weighted by atomic mass is 10.1. The zero-order valence-corrected chi connectivity index (χ0v) is 14.0. The molecule has 1 atom stereocenters. The number of fused-ring (bicyclic) bond motifs is 1. The van der Waals surface area contributed by atoms with Crippen molar-refractivity contribution in [3.05, 3.63) is 29.8 Å². The van der Waals surface area contributed by atoms with Crippen molar-refractivity contribution in [2.75, 3.05) is 37.6 Å². The molecular weight excluding hydrogens is 316 g/mol. The first-order valence-corrected chi connectivity index (χ1v) is 9.29. The molecule has 0 spiro atoms. The SMILES string of the molecule is CC(C(=O)N1CCc2ccccc21)N1CCN(S(N)(=O)=O)CC1. The number of anilines is 1. The Morgan fingerprint density at radius 2 is 1.78 bits per heavy atom. The van der Waals surface area contributed by atoms with Crippen LogP contribution in [-0.2, 0) is 21.4 Å². The van der Waals surface area contributed by atoms with E-state index in [0.717, 1.165) is 12.1 Å². The molecule has 1 saturated heterocycles. The second kappa shape index (κ2) is 6.20. The van der Waals surface area contributed by atoms with E-state index < -0.39 is 10.2 Å². The Morgan fingerprint density at radius 3 is 2.43 bits per heavy atom. The van der Waals surface area contributed by atoms with Crippen molar-refractivity contribution in [3.63, 3.8) is 0 Å². The molecule has 0 bridgehead atoms. The summed E-state index contributed by atoms with van der Waals surface area (Å²) < 4.78 is 24.0. The van der Waals surface area contributed by atoms with Crippen molar-refractivity contribution in [2.24, 2.45) is 5.14 Å². The van der Waals surface area contributed by atoms with Crippen LogP contribution in [0.5, 0.6) is 0 Å². The third kappa shape index (κ3) is 3.25. The Balaban J connectivity index is 1.66. The summed E-state index contributed by atoms with van der Waals surface area (Å²) in [7, 11) is -3.64. The minimum Gasteiger partial charge on any atom is -0.310 e. The molecule has 8 heteroatoms. The minimum absolute atomic E-state index is 0.0685. The van der Waals surface area contributed by atoms with Crippen LogP contribution < -0.4 is 10.0 Å². The van der Waals surface area contributed by atoms with E-state index in [1.165, 1.54) is 9.87 Å². The number of rotatable bonds is 3. The smallest absolute Gasteiger partial charge is 0.276 e. The number of benzene rings is 1. The van der Waals surface area contributed by atoms with Gasteiger partial charge in [-0.3, -0.25) is 9.69 Å². The van der Waals surface area contributed by atoms with E-state index in [2.05, 4.69) is 6.07 Å². The van der Waals surface area contributed by atoms with Crippen LogP contribution in [0.4, 0.5) is 5.69 Å². The maximum Gasteiger partial charge on any atom is 0.276 e. The molecule has 3 rings (SSSR count). The van der Waals surface area contributed by atoms with Gasteiger partial charge in [-0.05, 0) is 25.0 Å². The number of hydrogen-bond donors (Lipinski definition) is 1. The lowest BCUT2D eigenvalue weighted by Crippen LogP contribution is -2.56. The van der Waals surface area contributed by atoms with E-state index in [0.29, 0.717) is 32.7 Å². The van der Waals surface area contributed by atoms with Crippen molar-refractivity contribution in [2.45, 2.75) is 19.4 Å². The van der Waals surface area contributed by atoms with Gasteiger partial charge in [-0.15, -0.1) is 0 Å². The molecule has 7 nitrogen and oxygen atoms in total.